The van der Waals surface area contributed by atoms with Crippen LogP contribution < -0.4 is 5.32 Å². The van der Waals surface area contributed by atoms with Crippen LogP contribution in [0.5, 0.6) is 0 Å². The van der Waals surface area contributed by atoms with Gasteiger partial charge < -0.3 is 20.3 Å². The van der Waals surface area contributed by atoms with Crippen molar-refractivity contribution in [1.82, 2.24) is 5.32 Å². The van der Waals surface area contributed by atoms with E-state index in [2.05, 4.69) is 43.5 Å². The Morgan fingerprint density at radius 2 is 0.735 bits per heavy atom. The minimum atomic E-state index is -0.677. The lowest BCUT2D eigenvalue weighted by molar-refractivity contribution is -0.143. The average molecular weight is 959 g/mol. The zero-order valence-corrected chi connectivity index (χ0v) is 45.9. The number of hydrogen-bond donors (Lipinski definition) is 3. The second kappa shape index (κ2) is 57.9. The van der Waals surface area contributed by atoms with Gasteiger partial charge in [-0.3, -0.25) is 9.59 Å². The molecule has 0 saturated carbocycles. The molecule has 0 fully saturated rings. The highest BCUT2D eigenvalue weighted by Crippen LogP contribution is 2.18. The van der Waals surface area contributed by atoms with E-state index in [1.807, 2.05) is 0 Å². The maximum Gasteiger partial charge on any atom is 0.305 e. The van der Waals surface area contributed by atoms with Crippen LogP contribution in [0.15, 0.2) is 24.3 Å². The maximum atomic E-state index is 12.5. The molecule has 0 bridgehead atoms. The first-order valence-electron chi connectivity index (χ1n) is 30.6. The van der Waals surface area contributed by atoms with Gasteiger partial charge in [-0.05, 0) is 57.8 Å². The second-order valence-corrected chi connectivity index (χ2v) is 21.0. The van der Waals surface area contributed by atoms with Crippen LogP contribution in [0, 0.1) is 0 Å². The van der Waals surface area contributed by atoms with Crippen molar-refractivity contribution in [2.45, 2.75) is 347 Å². The molecule has 0 radical (unpaired) electrons. The highest BCUT2D eigenvalue weighted by Gasteiger charge is 2.20. The molecule has 2 unspecified atom stereocenters. The van der Waals surface area contributed by atoms with Crippen LogP contribution in [-0.4, -0.2) is 47.4 Å². The quantitative estimate of drug-likeness (QED) is 0.0321. The molecule has 68 heavy (non-hydrogen) atoms. The van der Waals surface area contributed by atoms with Gasteiger partial charge in [0, 0.05) is 12.8 Å². The van der Waals surface area contributed by atoms with Crippen molar-refractivity contribution in [3.8, 4) is 0 Å². The predicted molar refractivity (Wildman–Crippen MR) is 296 cm³/mol. The first kappa shape index (κ1) is 66.3. The van der Waals surface area contributed by atoms with E-state index in [1.165, 1.54) is 238 Å². The Labute approximate surface area is 424 Å². The van der Waals surface area contributed by atoms with Crippen molar-refractivity contribution in [3.63, 3.8) is 0 Å². The topological polar surface area (TPSA) is 95.9 Å². The molecule has 2 atom stereocenters. The van der Waals surface area contributed by atoms with E-state index >= 15 is 0 Å². The zero-order valence-electron chi connectivity index (χ0n) is 45.9. The Kier molecular flexibility index (Phi) is 56.5. The summed E-state index contributed by atoms with van der Waals surface area (Å²) in [6, 6.07) is -0.555. The molecule has 0 aliphatic rings. The van der Waals surface area contributed by atoms with Gasteiger partial charge in [0.15, 0.2) is 0 Å². The first-order chi connectivity index (χ1) is 33.5. The fourth-order valence-corrected chi connectivity index (χ4v) is 9.55. The number of aliphatic hydroxyl groups is 2. The highest BCUT2D eigenvalue weighted by atomic mass is 16.5. The predicted octanol–water partition coefficient (Wildman–Crippen LogP) is 19.0. The number of esters is 1. The molecule has 0 heterocycles. The maximum absolute atomic E-state index is 12.5. The van der Waals surface area contributed by atoms with Gasteiger partial charge in [-0.1, -0.05) is 289 Å². The standard InChI is InChI=1S/C62H119NO5/c1-3-5-7-9-11-13-15-17-19-21-22-23-24-25-26-27-28-30-34-38-42-46-50-54-60(65)59(58-64)63-61(66)55-51-47-43-39-35-32-33-37-41-45-49-53-57-68-62(67)56-52-48-44-40-36-31-29-20-18-16-14-12-10-8-6-4-2/h14,16,20,29,59-60,64-65H,3-13,15,17-19,21-28,30-58H2,1-2H3,(H,63,66)/b16-14-,29-20-. The van der Waals surface area contributed by atoms with E-state index in [-0.39, 0.29) is 18.5 Å². The average Bonchev–Trinajstić information content (AvgIpc) is 3.34. The molecule has 0 aliphatic carbocycles. The van der Waals surface area contributed by atoms with Crippen LogP contribution in [-0.2, 0) is 14.3 Å². The summed E-state index contributed by atoms with van der Waals surface area (Å²) < 4.78 is 5.47. The molecule has 0 aromatic carbocycles. The van der Waals surface area contributed by atoms with Crippen LogP contribution in [0.1, 0.15) is 335 Å². The fraction of sp³-hybridized carbons (Fsp3) is 0.903. The van der Waals surface area contributed by atoms with Gasteiger partial charge in [0.2, 0.25) is 5.91 Å². The Bertz CT molecular complexity index is 1060. The van der Waals surface area contributed by atoms with Gasteiger partial charge in [0.25, 0.3) is 0 Å². The lowest BCUT2D eigenvalue weighted by Crippen LogP contribution is -2.45. The van der Waals surface area contributed by atoms with Crippen molar-refractivity contribution < 1.29 is 24.5 Å². The number of rotatable bonds is 57. The third-order valence-electron chi connectivity index (χ3n) is 14.3. The molecule has 6 heteroatoms. The van der Waals surface area contributed by atoms with Gasteiger partial charge in [-0.25, -0.2) is 0 Å². The Balaban J connectivity index is 3.45. The number of unbranched alkanes of at least 4 members (excludes halogenated alkanes) is 42. The van der Waals surface area contributed by atoms with Gasteiger partial charge in [0.05, 0.1) is 25.4 Å². The van der Waals surface area contributed by atoms with Crippen molar-refractivity contribution in [3.05, 3.63) is 24.3 Å². The first-order valence-corrected chi connectivity index (χ1v) is 30.6. The highest BCUT2D eigenvalue weighted by molar-refractivity contribution is 5.76. The van der Waals surface area contributed by atoms with E-state index in [9.17, 15) is 19.8 Å². The Morgan fingerprint density at radius 1 is 0.412 bits per heavy atom. The molecule has 0 rings (SSSR count). The molecule has 6 nitrogen and oxygen atoms in total. The van der Waals surface area contributed by atoms with Crippen LogP contribution in [0.2, 0.25) is 0 Å². The van der Waals surface area contributed by atoms with E-state index < -0.39 is 12.1 Å². The third-order valence-corrected chi connectivity index (χ3v) is 14.3. The molecular formula is C62H119NO5. The van der Waals surface area contributed by atoms with E-state index in [4.69, 9.17) is 4.74 Å². The number of carbonyl (C=O) groups excluding carboxylic acids is 2. The molecule has 0 aromatic rings. The summed E-state index contributed by atoms with van der Waals surface area (Å²) >= 11 is 0. The Morgan fingerprint density at radius 3 is 1.13 bits per heavy atom. The van der Waals surface area contributed by atoms with Gasteiger partial charge >= 0.3 is 5.97 Å². The molecule has 3 N–H and O–H groups in total. The number of nitrogens with one attached hydrogen (secondary N) is 1. The number of ether oxygens (including phenoxy) is 1. The lowest BCUT2D eigenvalue weighted by Gasteiger charge is -2.22. The lowest BCUT2D eigenvalue weighted by atomic mass is 10.0. The van der Waals surface area contributed by atoms with E-state index in [1.54, 1.807) is 0 Å². The monoisotopic (exact) mass is 958 g/mol. The summed E-state index contributed by atoms with van der Waals surface area (Å²) in [5.74, 6) is -0.0696. The number of hydrogen-bond acceptors (Lipinski definition) is 5. The fourth-order valence-electron chi connectivity index (χ4n) is 9.55. The summed E-state index contributed by atoms with van der Waals surface area (Å²) in [4.78, 5) is 24.6. The van der Waals surface area contributed by atoms with Crippen molar-refractivity contribution in [2.75, 3.05) is 13.2 Å². The summed E-state index contributed by atoms with van der Waals surface area (Å²) in [7, 11) is 0. The van der Waals surface area contributed by atoms with E-state index in [0.29, 0.717) is 25.9 Å². The number of allylic oxidation sites excluding steroid dienone is 4. The minimum absolute atomic E-state index is 0.0216. The summed E-state index contributed by atoms with van der Waals surface area (Å²) in [6.07, 6.45) is 70.3. The molecule has 402 valence electrons. The SMILES string of the molecule is CCCCCC/C=C\C/C=C\CCCCCCCC(=O)OCCCCCCCCCCCCCCC(=O)NC(CO)C(O)CCCCCCCCCCCCCCCCCCCCCCCCC. The van der Waals surface area contributed by atoms with E-state index in [0.717, 1.165) is 64.2 Å². The smallest absolute Gasteiger partial charge is 0.305 e. The molecular weight excluding hydrogens is 839 g/mol. The normalized spacial score (nSPS) is 12.7. The third kappa shape index (κ3) is 53.7. The van der Waals surface area contributed by atoms with Crippen LogP contribution in [0.25, 0.3) is 0 Å². The largest absolute Gasteiger partial charge is 0.466 e. The molecule has 1 amide bonds. The van der Waals surface area contributed by atoms with Gasteiger partial charge in [-0.15, -0.1) is 0 Å². The molecule has 0 aliphatic heterocycles. The van der Waals surface area contributed by atoms with Crippen LogP contribution >= 0.6 is 0 Å². The summed E-state index contributed by atoms with van der Waals surface area (Å²) in [6.45, 7) is 4.92. The minimum Gasteiger partial charge on any atom is -0.466 e. The molecule has 0 saturated heterocycles. The number of amides is 1. The molecule has 0 spiro atoms. The van der Waals surface area contributed by atoms with Gasteiger partial charge in [-0.2, -0.15) is 0 Å². The van der Waals surface area contributed by atoms with Crippen LogP contribution in [0.3, 0.4) is 0 Å². The zero-order chi connectivity index (χ0) is 49.3. The van der Waals surface area contributed by atoms with Crippen molar-refractivity contribution >= 4 is 11.9 Å². The van der Waals surface area contributed by atoms with Crippen molar-refractivity contribution in [2.24, 2.45) is 0 Å². The second-order valence-electron chi connectivity index (χ2n) is 21.0. The van der Waals surface area contributed by atoms with Gasteiger partial charge in [0.1, 0.15) is 0 Å². The number of aliphatic hydroxyl groups excluding tert-OH is 2. The van der Waals surface area contributed by atoms with Crippen molar-refractivity contribution in [1.29, 1.82) is 0 Å². The van der Waals surface area contributed by atoms with Crippen LogP contribution in [0.4, 0.5) is 0 Å². The summed E-state index contributed by atoms with van der Waals surface area (Å²) in [5.41, 5.74) is 0. The summed E-state index contributed by atoms with van der Waals surface area (Å²) in [5, 5.41) is 23.4. The molecule has 0 aromatic heterocycles. The Hall–Kier alpha value is -1.66. The number of carbonyl (C=O) groups is 2.